The fraction of sp³-hybridized carbons (Fsp3) is 0.222. The van der Waals surface area contributed by atoms with E-state index in [0.717, 1.165) is 11.8 Å². The van der Waals surface area contributed by atoms with E-state index in [0.29, 0.717) is 16.7 Å². The molecule has 136 valence electrons. The molecule has 3 rings (SSSR count). The molecule has 0 aliphatic rings. The number of benzene rings is 2. The van der Waals surface area contributed by atoms with E-state index in [-0.39, 0.29) is 17.2 Å². The van der Waals surface area contributed by atoms with Crippen molar-refractivity contribution >= 4 is 34.4 Å². The summed E-state index contributed by atoms with van der Waals surface area (Å²) in [7, 11) is 0. The summed E-state index contributed by atoms with van der Waals surface area (Å²) in [5.41, 5.74) is 1.38. The van der Waals surface area contributed by atoms with E-state index < -0.39 is 22.1 Å². The van der Waals surface area contributed by atoms with Gasteiger partial charge < -0.3 is 15.3 Å². The van der Waals surface area contributed by atoms with Crippen molar-refractivity contribution in [2.45, 2.75) is 24.3 Å². The number of carbonyl (C=O) groups excluding carboxylic acids is 1. The van der Waals surface area contributed by atoms with E-state index in [1.807, 2.05) is 0 Å². The summed E-state index contributed by atoms with van der Waals surface area (Å²) >= 11 is 1.16. The highest BCUT2D eigenvalue weighted by atomic mass is 32.2. The Morgan fingerprint density at radius 3 is 2.42 bits per heavy atom. The first-order chi connectivity index (χ1) is 12.3. The predicted octanol–water partition coefficient (Wildman–Crippen LogP) is 3.96. The molecule has 0 saturated carbocycles. The van der Waals surface area contributed by atoms with E-state index in [4.69, 9.17) is 0 Å². The Hall–Kier alpha value is -2.61. The van der Waals surface area contributed by atoms with Crippen LogP contribution < -0.4 is 11.0 Å². The first kappa shape index (κ1) is 18.2. The summed E-state index contributed by atoms with van der Waals surface area (Å²) in [6, 6.07) is 8.70. The molecule has 2 aromatic carbocycles. The molecule has 2 atom stereocenters. The topological polar surface area (TPSA) is 77.8 Å². The van der Waals surface area contributed by atoms with Gasteiger partial charge in [-0.3, -0.25) is 4.79 Å². The summed E-state index contributed by atoms with van der Waals surface area (Å²) in [5, 5.41) is 1.68. The Morgan fingerprint density at radius 2 is 1.73 bits per heavy atom. The number of anilines is 1. The number of nitrogens with one attached hydrogen (secondary N) is 3. The van der Waals surface area contributed by atoms with Gasteiger partial charge in [0, 0.05) is 16.5 Å². The van der Waals surface area contributed by atoms with Crippen LogP contribution in [0.3, 0.4) is 0 Å². The lowest BCUT2D eigenvalue weighted by molar-refractivity contribution is -0.115. The number of carbonyl (C=O) groups is 1. The summed E-state index contributed by atoms with van der Waals surface area (Å²) in [5.74, 6) is -1.55. The maximum absolute atomic E-state index is 13.9. The highest BCUT2D eigenvalue weighted by Gasteiger charge is 2.22. The van der Waals surface area contributed by atoms with Crippen LogP contribution in [0.25, 0.3) is 11.0 Å². The molecule has 0 spiro atoms. The lowest BCUT2D eigenvalue weighted by Crippen LogP contribution is -2.23. The smallest absolute Gasteiger partial charge is 0.323 e. The molecule has 1 heterocycles. The van der Waals surface area contributed by atoms with Crippen molar-refractivity contribution in [3.8, 4) is 0 Å². The number of hydrogen-bond donors (Lipinski definition) is 3. The lowest BCUT2D eigenvalue weighted by Gasteiger charge is -2.18. The highest BCUT2D eigenvalue weighted by molar-refractivity contribution is 8.00. The third-order valence-electron chi connectivity index (χ3n) is 3.97. The number of aromatic nitrogens is 2. The number of amides is 1. The van der Waals surface area contributed by atoms with Gasteiger partial charge in [-0.25, -0.2) is 13.6 Å². The minimum Gasteiger partial charge on any atom is -0.325 e. The first-order valence-electron chi connectivity index (χ1n) is 7.97. The Labute approximate surface area is 152 Å². The number of fused-ring (bicyclic) bond motifs is 1. The Kier molecular flexibility index (Phi) is 5.13. The molecule has 1 amide bonds. The zero-order valence-electron chi connectivity index (χ0n) is 14.1. The molecule has 0 aliphatic carbocycles. The normalized spacial score (nSPS) is 13.5. The van der Waals surface area contributed by atoms with E-state index in [9.17, 15) is 18.4 Å². The number of aromatic amines is 2. The molecule has 0 radical (unpaired) electrons. The maximum atomic E-state index is 13.9. The molecule has 1 aromatic heterocycles. The molecule has 3 N–H and O–H groups in total. The van der Waals surface area contributed by atoms with Crippen LogP contribution in [-0.2, 0) is 4.79 Å². The Morgan fingerprint density at radius 1 is 1.08 bits per heavy atom. The highest BCUT2D eigenvalue weighted by Crippen LogP contribution is 2.35. The second-order valence-corrected chi connectivity index (χ2v) is 7.57. The number of hydrogen-bond acceptors (Lipinski definition) is 3. The van der Waals surface area contributed by atoms with Crippen LogP contribution in [0.1, 0.15) is 24.7 Å². The molecule has 26 heavy (non-hydrogen) atoms. The van der Waals surface area contributed by atoms with Crippen molar-refractivity contribution in [1.29, 1.82) is 0 Å². The van der Waals surface area contributed by atoms with Crippen LogP contribution >= 0.6 is 11.8 Å². The van der Waals surface area contributed by atoms with Crippen LogP contribution in [0.4, 0.5) is 14.5 Å². The van der Waals surface area contributed by atoms with Gasteiger partial charge in [0.15, 0.2) is 0 Å². The van der Waals surface area contributed by atoms with E-state index >= 15 is 0 Å². The summed E-state index contributed by atoms with van der Waals surface area (Å²) < 4.78 is 27.7. The third kappa shape index (κ3) is 3.80. The first-order valence-corrected chi connectivity index (χ1v) is 8.91. The van der Waals surface area contributed by atoms with Crippen molar-refractivity contribution in [1.82, 2.24) is 9.97 Å². The average molecular weight is 377 g/mol. The van der Waals surface area contributed by atoms with Crippen LogP contribution in [-0.4, -0.2) is 21.1 Å². The van der Waals surface area contributed by atoms with Crippen molar-refractivity contribution < 1.29 is 13.6 Å². The molecule has 0 bridgehead atoms. The van der Waals surface area contributed by atoms with Crippen LogP contribution in [0, 0.1) is 11.6 Å². The van der Waals surface area contributed by atoms with Crippen molar-refractivity contribution in [2.24, 2.45) is 0 Å². The predicted molar refractivity (Wildman–Crippen MR) is 99.4 cm³/mol. The van der Waals surface area contributed by atoms with Gasteiger partial charge in [-0.05, 0) is 44.2 Å². The summed E-state index contributed by atoms with van der Waals surface area (Å²) in [6.45, 7) is 3.33. The van der Waals surface area contributed by atoms with Gasteiger partial charge in [-0.1, -0.05) is 6.07 Å². The van der Waals surface area contributed by atoms with Crippen molar-refractivity contribution in [3.63, 3.8) is 0 Å². The van der Waals surface area contributed by atoms with Crippen molar-refractivity contribution in [2.75, 3.05) is 5.32 Å². The maximum Gasteiger partial charge on any atom is 0.323 e. The monoisotopic (exact) mass is 377 g/mol. The lowest BCUT2D eigenvalue weighted by atomic mass is 10.1. The quantitative estimate of drug-likeness (QED) is 0.630. The Bertz CT molecular complexity index is 995. The van der Waals surface area contributed by atoms with Gasteiger partial charge in [-0.15, -0.1) is 11.8 Å². The molecule has 2 unspecified atom stereocenters. The summed E-state index contributed by atoms with van der Waals surface area (Å²) in [6.07, 6.45) is 0. The van der Waals surface area contributed by atoms with E-state index in [2.05, 4.69) is 15.3 Å². The minimum absolute atomic E-state index is 0.0385. The van der Waals surface area contributed by atoms with Crippen LogP contribution in [0.15, 0.2) is 41.2 Å². The second-order valence-electron chi connectivity index (χ2n) is 5.88. The SMILES string of the molecule is CC(SC(C)c1c(F)cccc1F)C(=O)Nc1ccc2[nH]c(=O)[nH]c2c1. The molecule has 0 fully saturated rings. The standard InChI is InChI=1S/C18H17F2N3O2S/c1-9(16-12(19)4-3-5-13(16)20)26-10(2)17(24)21-11-6-7-14-15(8-11)23-18(25)22-14/h3-10H,1-2H3,(H,21,24)(H2,22,23,25). The van der Waals surface area contributed by atoms with Gasteiger partial charge in [0.05, 0.1) is 16.3 Å². The van der Waals surface area contributed by atoms with Gasteiger partial charge >= 0.3 is 5.69 Å². The van der Waals surface area contributed by atoms with Gasteiger partial charge in [-0.2, -0.15) is 0 Å². The minimum atomic E-state index is -0.625. The average Bonchev–Trinajstić information content (AvgIpc) is 2.93. The van der Waals surface area contributed by atoms with E-state index in [1.165, 1.54) is 18.2 Å². The molecule has 0 saturated heterocycles. The second kappa shape index (κ2) is 7.33. The number of imidazole rings is 1. The van der Waals surface area contributed by atoms with Gasteiger partial charge in [0.25, 0.3) is 0 Å². The molecule has 3 aromatic rings. The number of rotatable bonds is 5. The van der Waals surface area contributed by atoms with Gasteiger partial charge in [0.1, 0.15) is 11.6 Å². The van der Waals surface area contributed by atoms with Gasteiger partial charge in [0.2, 0.25) is 5.91 Å². The largest absolute Gasteiger partial charge is 0.325 e. The molecule has 5 nitrogen and oxygen atoms in total. The molecular formula is C18H17F2N3O2S. The number of halogens is 2. The van der Waals surface area contributed by atoms with E-state index in [1.54, 1.807) is 32.0 Å². The fourth-order valence-electron chi connectivity index (χ4n) is 2.69. The molecule has 0 aliphatic heterocycles. The summed E-state index contributed by atoms with van der Waals surface area (Å²) in [4.78, 5) is 28.9. The zero-order chi connectivity index (χ0) is 18.8. The van der Waals surface area contributed by atoms with Crippen LogP contribution in [0.2, 0.25) is 0 Å². The van der Waals surface area contributed by atoms with Crippen LogP contribution in [0.5, 0.6) is 0 Å². The fourth-order valence-corrected chi connectivity index (χ4v) is 3.85. The zero-order valence-corrected chi connectivity index (χ0v) is 14.9. The van der Waals surface area contributed by atoms with Crippen molar-refractivity contribution in [3.05, 3.63) is 64.1 Å². The Balaban J connectivity index is 1.69. The molecule has 8 heteroatoms. The number of H-pyrrole nitrogens is 2. The third-order valence-corrected chi connectivity index (χ3v) is 5.23. The number of thioether (sulfide) groups is 1. The molecular weight excluding hydrogens is 360 g/mol.